The Morgan fingerprint density at radius 1 is 1.50 bits per heavy atom. The molecule has 160 valence electrons. The summed E-state index contributed by atoms with van der Waals surface area (Å²) in [5.41, 5.74) is 0. The van der Waals surface area contributed by atoms with E-state index in [0.29, 0.717) is 6.04 Å². The fourth-order valence-electron chi connectivity index (χ4n) is 3.43. The van der Waals surface area contributed by atoms with Gasteiger partial charge in [0, 0.05) is 51.8 Å². The first kappa shape index (κ1) is 23.9. The summed E-state index contributed by atoms with van der Waals surface area (Å²) in [7, 11) is 3.92. The smallest absolute Gasteiger partial charge is 0.193 e. The van der Waals surface area contributed by atoms with Crippen LogP contribution in [-0.2, 0) is 9.47 Å². The van der Waals surface area contributed by atoms with Crippen LogP contribution in [-0.4, -0.2) is 82.0 Å². The van der Waals surface area contributed by atoms with Crippen molar-refractivity contribution in [3.8, 4) is 0 Å². The molecule has 1 aromatic rings. The zero-order valence-electron chi connectivity index (χ0n) is 17.3. The quantitative estimate of drug-likeness (QED) is 0.234. The Balaban J connectivity index is 0.00000280. The van der Waals surface area contributed by atoms with Crippen LogP contribution < -0.4 is 5.32 Å². The van der Waals surface area contributed by atoms with Crippen molar-refractivity contribution < 1.29 is 9.47 Å². The fraction of sp³-hybridized carbons (Fsp3) is 0.750. The number of rotatable bonds is 9. The van der Waals surface area contributed by atoms with Crippen LogP contribution in [0.4, 0.5) is 0 Å². The monoisotopic (exact) mass is 522 g/mol. The van der Waals surface area contributed by atoms with Crippen molar-refractivity contribution in [1.82, 2.24) is 15.1 Å². The summed E-state index contributed by atoms with van der Waals surface area (Å²) < 4.78 is 11.5. The molecule has 1 saturated carbocycles. The lowest BCUT2D eigenvalue weighted by molar-refractivity contribution is -0.0334. The van der Waals surface area contributed by atoms with Crippen LogP contribution in [0.15, 0.2) is 22.5 Å². The van der Waals surface area contributed by atoms with Crippen molar-refractivity contribution in [2.24, 2.45) is 10.9 Å². The van der Waals surface area contributed by atoms with Crippen molar-refractivity contribution in [2.75, 3.05) is 60.1 Å². The van der Waals surface area contributed by atoms with Crippen LogP contribution in [0.1, 0.15) is 30.7 Å². The highest BCUT2D eigenvalue weighted by Gasteiger charge is 2.26. The van der Waals surface area contributed by atoms with E-state index in [0.717, 1.165) is 57.9 Å². The second kappa shape index (κ2) is 12.3. The molecule has 2 atom stereocenters. The lowest BCUT2D eigenvalue weighted by Crippen LogP contribution is -2.48. The SMILES string of the molecule is CN=C(NCC(c1cccs1)N1CCOC(C)C1)N(C)CCOCC1CC1.I. The topological polar surface area (TPSA) is 49.3 Å². The van der Waals surface area contributed by atoms with E-state index in [9.17, 15) is 0 Å². The molecule has 0 aromatic carbocycles. The maximum absolute atomic E-state index is 5.77. The summed E-state index contributed by atoms with van der Waals surface area (Å²) in [5.74, 6) is 1.74. The molecule has 0 amide bonds. The van der Waals surface area contributed by atoms with Gasteiger partial charge < -0.3 is 19.7 Å². The van der Waals surface area contributed by atoms with Crippen LogP contribution in [0.3, 0.4) is 0 Å². The molecule has 2 heterocycles. The number of hydrogen-bond donors (Lipinski definition) is 1. The number of nitrogens with zero attached hydrogens (tertiary/aromatic N) is 3. The van der Waals surface area contributed by atoms with Crippen molar-refractivity contribution in [3.05, 3.63) is 22.4 Å². The highest BCUT2D eigenvalue weighted by atomic mass is 127. The summed E-state index contributed by atoms with van der Waals surface area (Å²) in [6.45, 7) is 8.25. The molecule has 2 aliphatic rings. The molecule has 1 aliphatic heterocycles. The predicted molar refractivity (Wildman–Crippen MR) is 127 cm³/mol. The van der Waals surface area contributed by atoms with Crippen LogP contribution in [0.25, 0.3) is 0 Å². The molecule has 28 heavy (non-hydrogen) atoms. The Kier molecular flexibility index (Phi) is 10.5. The molecule has 6 nitrogen and oxygen atoms in total. The van der Waals surface area contributed by atoms with Gasteiger partial charge in [-0.3, -0.25) is 9.89 Å². The maximum Gasteiger partial charge on any atom is 0.193 e. The van der Waals surface area contributed by atoms with Crippen LogP contribution >= 0.6 is 35.3 Å². The summed E-state index contributed by atoms with van der Waals surface area (Å²) in [4.78, 5) is 10.5. The van der Waals surface area contributed by atoms with E-state index in [2.05, 4.69) is 51.6 Å². The number of halogens is 1. The van der Waals surface area contributed by atoms with E-state index in [-0.39, 0.29) is 30.1 Å². The molecule has 8 heteroatoms. The molecule has 0 bridgehead atoms. The van der Waals surface area contributed by atoms with E-state index in [1.165, 1.54) is 17.7 Å². The highest BCUT2D eigenvalue weighted by Crippen LogP contribution is 2.28. The van der Waals surface area contributed by atoms with E-state index >= 15 is 0 Å². The van der Waals surface area contributed by atoms with Gasteiger partial charge in [-0.25, -0.2) is 0 Å². The number of guanidine groups is 1. The van der Waals surface area contributed by atoms with Gasteiger partial charge in [0.05, 0.1) is 25.4 Å². The maximum atomic E-state index is 5.77. The lowest BCUT2D eigenvalue weighted by Gasteiger charge is -2.37. The van der Waals surface area contributed by atoms with E-state index in [4.69, 9.17) is 9.47 Å². The first-order chi connectivity index (χ1) is 13.2. The number of likely N-dealkylation sites (N-methyl/N-ethyl adjacent to an activating group) is 1. The van der Waals surface area contributed by atoms with Gasteiger partial charge >= 0.3 is 0 Å². The number of thiophene rings is 1. The largest absolute Gasteiger partial charge is 0.379 e. The molecule has 0 radical (unpaired) electrons. The van der Waals surface area contributed by atoms with E-state index < -0.39 is 0 Å². The number of aliphatic imine (C=N–C) groups is 1. The summed E-state index contributed by atoms with van der Waals surface area (Å²) in [5, 5.41) is 5.73. The predicted octanol–water partition coefficient (Wildman–Crippen LogP) is 3.06. The average Bonchev–Trinajstić information content (AvgIpc) is 3.34. The molecule has 2 unspecified atom stereocenters. The number of morpholine rings is 1. The standard InChI is InChI=1S/C20H34N4O2S.HI/c1-16-14-24(9-11-26-16)18(19-5-4-12-27-19)13-22-20(21-2)23(3)8-10-25-15-17-6-7-17;/h4-5,12,16-18H,6-11,13-15H2,1-3H3,(H,21,22);1H. The number of ether oxygens (including phenoxy) is 2. The van der Waals surface area contributed by atoms with E-state index in [1.807, 2.05) is 18.4 Å². The van der Waals surface area contributed by atoms with Crippen molar-refractivity contribution in [2.45, 2.75) is 31.9 Å². The third kappa shape index (κ3) is 7.44. The minimum Gasteiger partial charge on any atom is -0.379 e. The molecule has 1 saturated heterocycles. The van der Waals surface area contributed by atoms with Crippen LogP contribution in [0.5, 0.6) is 0 Å². The van der Waals surface area contributed by atoms with Gasteiger partial charge in [-0.1, -0.05) is 6.07 Å². The molecule has 0 spiro atoms. The Bertz CT molecular complexity index is 583. The third-order valence-corrected chi connectivity index (χ3v) is 6.21. The van der Waals surface area contributed by atoms with E-state index in [1.54, 1.807) is 0 Å². The van der Waals surface area contributed by atoms with Gasteiger partial charge in [0.2, 0.25) is 0 Å². The second-order valence-corrected chi connectivity index (χ2v) is 8.55. The van der Waals surface area contributed by atoms with Crippen molar-refractivity contribution in [1.29, 1.82) is 0 Å². The van der Waals surface area contributed by atoms with Gasteiger partial charge in [0.15, 0.2) is 5.96 Å². The molecule has 1 aromatic heterocycles. The van der Waals surface area contributed by atoms with Crippen molar-refractivity contribution >= 4 is 41.3 Å². The summed E-state index contributed by atoms with van der Waals surface area (Å²) >= 11 is 1.82. The van der Waals surface area contributed by atoms with Gasteiger partial charge in [-0.05, 0) is 37.1 Å². The van der Waals surface area contributed by atoms with Crippen LogP contribution in [0.2, 0.25) is 0 Å². The zero-order chi connectivity index (χ0) is 19.1. The molecule has 1 aliphatic carbocycles. The minimum atomic E-state index is 0. The Morgan fingerprint density at radius 2 is 2.32 bits per heavy atom. The Morgan fingerprint density at radius 3 is 2.96 bits per heavy atom. The third-order valence-electron chi connectivity index (χ3n) is 5.23. The first-order valence-corrected chi connectivity index (χ1v) is 10.9. The van der Waals surface area contributed by atoms with Crippen LogP contribution in [0, 0.1) is 5.92 Å². The molecule has 2 fully saturated rings. The molecular formula is C20H35IN4O2S. The average molecular weight is 522 g/mol. The highest BCUT2D eigenvalue weighted by molar-refractivity contribution is 14.0. The lowest BCUT2D eigenvalue weighted by atomic mass is 10.1. The molecule has 3 rings (SSSR count). The second-order valence-electron chi connectivity index (χ2n) is 7.58. The fourth-order valence-corrected chi connectivity index (χ4v) is 4.29. The Labute approximate surface area is 190 Å². The Hall–Kier alpha value is -0.420. The molecule has 1 N–H and O–H groups in total. The minimum absolute atomic E-state index is 0. The normalized spacial score (nSPS) is 21.8. The van der Waals surface area contributed by atoms with Crippen molar-refractivity contribution in [3.63, 3.8) is 0 Å². The molecular weight excluding hydrogens is 487 g/mol. The van der Waals surface area contributed by atoms with Gasteiger partial charge in [-0.2, -0.15) is 0 Å². The van der Waals surface area contributed by atoms with Gasteiger partial charge in [0.1, 0.15) is 0 Å². The number of hydrogen-bond acceptors (Lipinski definition) is 5. The van der Waals surface area contributed by atoms with Gasteiger partial charge in [0.25, 0.3) is 0 Å². The first-order valence-electron chi connectivity index (χ1n) is 10.1. The zero-order valence-corrected chi connectivity index (χ0v) is 20.4. The van der Waals surface area contributed by atoms with Gasteiger partial charge in [-0.15, -0.1) is 35.3 Å². The summed E-state index contributed by atoms with van der Waals surface area (Å²) in [6, 6.07) is 4.71. The number of nitrogens with one attached hydrogen (secondary N) is 1. The summed E-state index contributed by atoms with van der Waals surface area (Å²) in [6.07, 6.45) is 2.96.